The monoisotopic (exact) mass is 280 g/mol. The van der Waals surface area contributed by atoms with Gasteiger partial charge in [0.2, 0.25) is 5.71 Å². The fraction of sp³-hybridized carbons (Fsp3) is 0.294. The lowest BCUT2D eigenvalue weighted by Crippen LogP contribution is -2.16. The van der Waals surface area contributed by atoms with Gasteiger partial charge in [0.15, 0.2) is 0 Å². The number of aryl methyl sites for hydroxylation is 2. The van der Waals surface area contributed by atoms with Crippen LogP contribution in [-0.2, 0) is 12.8 Å². The van der Waals surface area contributed by atoms with Crippen molar-refractivity contribution in [3.05, 3.63) is 57.6 Å². The van der Waals surface area contributed by atoms with Crippen molar-refractivity contribution in [2.75, 3.05) is 0 Å². The van der Waals surface area contributed by atoms with Gasteiger partial charge in [-0.3, -0.25) is 0 Å². The van der Waals surface area contributed by atoms with Crippen LogP contribution in [0.4, 0.5) is 0 Å². The van der Waals surface area contributed by atoms with Gasteiger partial charge in [0.1, 0.15) is 0 Å². The van der Waals surface area contributed by atoms with Crippen molar-refractivity contribution >= 4 is 11.1 Å². The van der Waals surface area contributed by atoms with Gasteiger partial charge in [-0.2, -0.15) is 9.78 Å². The Labute approximate surface area is 122 Å². The molecule has 106 valence electrons. The summed E-state index contributed by atoms with van der Waals surface area (Å²) >= 11 is 0. The minimum Gasteiger partial charge on any atom is -0.403 e. The second kappa shape index (κ2) is 4.58. The van der Waals surface area contributed by atoms with Gasteiger partial charge in [0, 0.05) is 5.56 Å². The molecule has 0 radical (unpaired) electrons. The molecule has 4 rings (SSSR count). The minimum atomic E-state index is -0.200. The smallest absolute Gasteiger partial charge is 0.341 e. The fourth-order valence-corrected chi connectivity index (χ4v) is 3.25. The molecule has 0 spiro atoms. The van der Waals surface area contributed by atoms with E-state index in [-0.39, 0.29) is 5.63 Å². The summed E-state index contributed by atoms with van der Waals surface area (Å²) in [7, 11) is 0. The van der Waals surface area contributed by atoms with E-state index in [4.69, 9.17) is 4.42 Å². The van der Waals surface area contributed by atoms with E-state index in [0.717, 1.165) is 53.6 Å². The summed E-state index contributed by atoms with van der Waals surface area (Å²) in [6.45, 7) is 1.98. The highest BCUT2D eigenvalue weighted by atomic mass is 16.4. The van der Waals surface area contributed by atoms with Crippen LogP contribution in [0.3, 0.4) is 0 Å². The molecule has 0 N–H and O–H groups in total. The first kappa shape index (κ1) is 12.4. The lowest BCUT2D eigenvalue weighted by atomic mass is 9.91. The third-order valence-electron chi connectivity index (χ3n) is 4.22. The number of para-hydroxylation sites is 1. The van der Waals surface area contributed by atoms with Gasteiger partial charge in [-0.1, -0.05) is 18.2 Å². The van der Waals surface area contributed by atoms with Gasteiger partial charge in [0.25, 0.3) is 0 Å². The molecule has 4 heteroatoms. The van der Waals surface area contributed by atoms with Crippen LogP contribution in [-0.4, -0.2) is 9.78 Å². The van der Waals surface area contributed by atoms with Crippen molar-refractivity contribution in [2.24, 2.45) is 0 Å². The average molecular weight is 280 g/mol. The van der Waals surface area contributed by atoms with E-state index in [9.17, 15) is 4.79 Å². The molecule has 0 aliphatic heterocycles. The Bertz CT molecular complexity index is 875. The Morgan fingerprint density at radius 3 is 2.57 bits per heavy atom. The normalized spacial score (nSPS) is 14.3. The molecule has 1 aliphatic rings. The fourth-order valence-electron chi connectivity index (χ4n) is 3.25. The van der Waals surface area contributed by atoms with Gasteiger partial charge in [-0.25, -0.2) is 4.79 Å². The molecule has 3 aromatic rings. The van der Waals surface area contributed by atoms with Crippen molar-refractivity contribution in [3.63, 3.8) is 0 Å². The van der Waals surface area contributed by atoms with Crippen LogP contribution in [0.25, 0.3) is 16.8 Å². The maximum absolute atomic E-state index is 12.3. The molecule has 0 atom stereocenters. The second-order valence-corrected chi connectivity index (χ2v) is 5.57. The molecule has 1 aliphatic carbocycles. The molecular weight excluding hydrogens is 264 g/mol. The summed E-state index contributed by atoms with van der Waals surface area (Å²) in [5.74, 6) is 0. The van der Waals surface area contributed by atoms with Crippen LogP contribution in [0.1, 0.15) is 29.7 Å². The van der Waals surface area contributed by atoms with Gasteiger partial charge >= 0.3 is 5.63 Å². The number of rotatable bonds is 1. The molecule has 4 nitrogen and oxygen atoms in total. The Balaban J connectivity index is 2.08. The summed E-state index contributed by atoms with van der Waals surface area (Å²) in [6, 6.07) is 9.79. The number of hydrogen-bond donors (Lipinski definition) is 0. The van der Waals surface area contributed by atoms with Crippen molar-refractivity contribution < 1.29 is 4.42 Å². The highest BCUT2D eigenvalue weighted by Crippen LogP contribution is 2.30. The molecule has 21 heavy (non-hydrogen) atoms. The number of benzene rings is 1. The highest BCUT2D eigenvalue weighted by Gasteiger charge is 2.23. The average Bonchev–Trinajstić information content (AvgIpc) is 2.85. The van der Waals surface area contributed by atoms with Crippen molar-refractivity contribution in [1.29, 1.82) is 0 Å². The maximum atomic E-state index is 12.3. The molecule has 0 amide bonds. The van der Waals surface area contributed by atoms with E-state index < -0.39 is 0 Å². The molecule has 2 heterocycles. The third-order valence-corrected chi connectivity index (χ3v) is 4.22. The summed E-state index contributed by atoms with van der Waals surface area (Å²) in [5, 5.41) is 5.61. The molecule has 0 bridgehead atoms. The van der Waals surface area contributed by atoms with E-state index in [1.165, 1.54) is 0 Å². The molecular formula is C17H16N2O2. The zero-order valence-corrected chi connectivity index (χ0v) is 11.9. The molecule has 0 saturated heterocycles. The van der Waals surface area contributed by atoms with E-state index >= 15 is 0 Å². The minimum absolute atomic E-state index is 0.200. The van der Waals surface area contributed by atoms with Gasteiger partial charge < -0.3 is 4.42 Å². The summed E-state index contributed by atoms with van der Waals surface area (Å²) in [5.41, 5.74) is 4.21. The van der Waals surface area contributed by atoms with Crippen molar-refractivity contribution in [2.45, 2.75) is 32.6 Å². The summed E-state index contributed by atoms with van der Waals surface area (Å²) < 4.78 is 7.35. The highest BCUT2D eigenvalue weighted by molar-refractivity contribution is 5.83. The Morgan fingerprint density at radius 1 is 1.10 bits per heavy atom. The first-order valence-electron chi connectivity index (χ1n) is 7.35. The van der Waals surface area contributed by atoms with E-state index in [1.807, 2.05) is 37.3 Å². The van der Waals surface area contributed by atoms with Crippen LogP contribution in [0.15, 0.2) is 39.5 Å². The van der Waals surface area contributed by atoms with Crippen molar-refractivity contribution in [3.8, 4) is 5.69 Å². The second-order valence-electron chi connectivity index (χ2n) is 5.57. The molecule has 1 aromatic carbocycles. The third kappa shape index (κ3) is 1.82. The van der Waals surface area contributed by atoms with Crippen LogP contribution in [0.5, 0.6) is 0 Å². The first-order valence-corrected chi connectivity index (χ1v) is 7.35. The van der Waals surface area contributed by atoms with Crippen LogP contribution >= 0.6 is 0 Å². The zero-order valence-electron chi connectivity index (χ0n) is 11.9. The van der Waals surface area contributed by atoms with Gasteiger partial charge in [-0.15, -0.1) is 0 Å². The summed E-state index contributed by atoms with van der Waals surface area (Å²) in [6.07, 6.45) is 3.96. The number of nitrogens with zero attached hydrogens (tertiary/aromatic N) is 2. The SMILES string of the molecule is Cc1nn(-c2ccccc2)c2oc(=O)c3c(c12)CCCC3. The van der Waals surface area contributed by atoms with Gasteiger partial charge in [-0.05, 0) is 50.3 Å². The number of hydrogen-bond acceptors (Lipinski definition) is 3. The zero-order chi connectivity index (χ0) is 14.4. The molecule has 2 aromatic heterocycles. The predicted molar refractivity (Wildman–Crippen MR) is 81.0 cm³/mol. The quantitative estimate of drug-likeness (QED) is 0.688. The number of aromatic nitrogens is 2. The topological polar surface area (TPSA) is 48.0 Å². The van der Waals surface area contributed by atoms with Gasteiger partial charge in [0.05, 0.1) is 16.8 Å². The van der Waals surface area contributed by atoms with Crippen LogP contribution in [0.2, 0.25) is 0 Å². The lowest BCUT2D eigenvalue weighted by molar-refractivity contribution is 0.514. The van der Waals surface area contributed by atoms with Crippen LogP contribution in [0, 0.1) is 6.92 Å². The maximum Gasteiger partial charge on any atom is 0.341 e. The van der Waals surface area contributed by atoms with E-state index in [2.05, 4.69) is 5.10 Å². The largest absolute Gasteiger partial charge is 0.403 e. The first-order chi connectivity index (χ1) is 10.3. The Hall–Kier alpha value is -2.36. The molecule has 0 unspecified atom stereocenters. The molecule has 0 fully saturated rings. The Kier molecular flexibility index (Phi) is 2.70. The van der Waals surface area contributed by atoms with Crippen LogP contribution < -0.4 is 5.63 Å². The molecule has 0 saturated carbocycles. The van der Waals surface area contributed by atoms with E-state index in [1.54, 1.807) is 4.68 Å². The lowest BCUT2D eigenvalue weighted by Gasteiger charge is -2.14. The number of fused-ring (bicyclic) bond motifs is 3. The summed E-state index contributed by atoms with van der Waals surface area (Å²) in [4.78, 5) is 12.3. The standard InChI is InChI=1S/C17H16N2O2/c1-11-15-13-9-5-6-10-14(13)17(20)21-16(15)19(18-11)12-7-3-2-4-8-12/h2-4,7-8H,5-6,9-10H2,1H3. The van der Waals surface area contributed by atoms with Crippen molar-refractivity contribution in [1.82, 2.24) is 9.78 Å². The predicted octanol–water partition coefficient (Wildman–Crippen LogP) is 3.17. The Morgan fingerprint density at radius 2 is 1.81 bits per heavy atom. The van der Waals surface area contributed by atoms with E-state index in [0.29, 0.717) is 5.71 Å².